The molecular formula is C16H19NO. The molecule has 0 aliphatic rings. The molecule has 2 nitrogen and oxygen atoms in total. The summed E-state index contributed by atoms with van der Waals surface area (Å²) in [6.07, 6.45) is 0. The second-order valence-corrected chi connectivity index (χ2v) is 4.73. The molecule has 0 bridgehead atoms. The Bertz CT molecular complexity index is 529. The molecule has 2 aromatic carbocycles. The highest BCUT2D eigenvalue weighted by Gasteiger charge is 2.03. The van der Waals surface area contributed by atoms with Crippen LogP contribution in [0.1, 0.15) is 29.7 Å². The van der Waals surface area contributed by atoms with Gasteiger partial charge >= 0.3 is 0 Å². The van der Waals surface area contributed by atoms with Gasteiger partial charge in [-0.2, -0.15) is 0 Å². The van der Waals surface area contributed by atoms with Gasteiger partial charge in [-0.3, -0.25) is 0 Å². The zero-order valence-corrected chi connectivity index (χ0v) is 11.1. The molecule has 2 heteroatoms. The highest BCUT2D eigenvalue weighted by atomic mass is 16.5. The Labute approximate surface area is 108 Å². The lowest BCUT2D eigenvalue weighted by atomic mass is 10.1. The van der Waals surface area contributed by atoms with Crippen molar-refractivity contribution in [3.8, 4) is 11.5 Å². The van der Waals surface area contributed by atoms with Gasteiger partial charge in [-0.1, -0.05) is 29.8 Å². The average Bonchev–Trinajstić information content (AvgIpc) is 2.33. The zero-order chi connectivity index (χ0) is 13.1. The fraction of sp³-hybridized carbons (Fsp3) is 0.250. The van der Waals surface area contributed by atoms with E-state index < -0.39 is 0 Å². The Morgan fingerprint density at radius 3 is 2.22 bits per heavy atom. The van der Waals surface area contributed by atoms with E-state index in [9.17, 15) is 0 Å². The summed E-state index contributed by atoms with van der Waals surface area (Å²) in [6.45, 7) is 6.10. The molecule has 0 spiro atoms. The maximum absolute atomic E-state index is 5.86. The van der Waals surface area contributed by atoms with Crippen molar-refractivity contribution >= 4 is 0 Å². The van der Waals surface area contributed by atoms with Gasteiger partial charge in [-0.25, -0.2) is 0 Å². The molecule has 18 heavy (non-hydrogen) atoms. The number of rotatable bonds is 3. The van der Waals surface area contributed by atoms with E-state index >= 15 is 0 Å². The molecule has 0 aliphatic heterocycles. The molecule has 0 amide bonds. The van der Waals surface area contributed by atoms with Crippen molar-refractivity contribution < 1.29 is 4.74 Å². The van der Waals surface area contributed by atoms with E-state index in [1.165, 1.54) is 5.56 Å². The van der Waals surface area contributed by atoms with Crippen LogP contribution in [0.4, 0.5) is 0 Å². The van der Waals surface area contributed by atoms with Gasteiger partial charge in [0.1, 0.15) is 11.5 Å². The van der Waals surface area contributed by atoms with Crippen molar-refractivity contribution in [2.24, 2.45) is 5.73 Å². The van der Waals surface area contributed by atoms with Crippen molar-refractivity contribution in [1.29, 1.82) is 0 Å². The molecule has 0 aliphatic carbocycles. The largest absolute Gasteiger partial charge is 0.457 e. The highest BCUT2D eigenvalue weighted by molar-refractivity contribution is 5.40. The zero-order valence-electron chi connectivity index (χ0n) is 11.1. The molecule has 1 atom stereocenters. The van der Waals surface area contributed by atoms with Crippen LogP contribution < -0.4 is 10.5 Å². The maximum Gasteiger partial charge on any atom is 0.130 e. The van der Waals surface area contributed by atoms with Crippen LogP contribution in [0.5, 0.6) is 11.5 Å². The highest BCUT2D eigenvalue weighted by Crippen LogP contribution is 2.26. The molecule has 0 saturated heterocycles. The molecule has 94 valence electrons. The van der Waals surface area contributed by atoms with Crippen molar-refractivity contribution in [1.82, 2.24) is 0 Å². The standard InChI is InChI=1S/C16H19NO/c1-11-4-9-16(12(2)10-11)18-15-7-5-14(6-8-15)13(3)17/h4-10,13H,17H2,1-3H3/t13-/m1/s1. The predicted molar refractivity (Wildman–Crippen MR) is 75.0 cm³/mol. The van der Waals surface area contributed by atoms with Gasteiger partial charge < -0.3 is 10.5 Å². The number of ether oxygens (including phenoxy) is 1. The van der Waals surface area contributed by atoms with E-state index in [-0.39, 0.29) is 6.04 Å². The first-order valence-corrected chi connectivity index (χ1v) is 6.17. The van der Waals surface area contributed by atoms with Crippen LogP contribution in [-0.2, 0) is 0 Å². The molecule has 0 fully saturated rings. The van der Waals surface area contributed by atoms with E-state index in [1.54, 1.807) is 0 Å². The van der Waals surface area contributed by atoms with Crippen LogP contribution in [0.2, 0.25) is 0 Å². The lowest BCUT2D eigenvalue weighted by Crippen LogP contribution is -2.04. The van der Waals surface area contributed by atoms with Crippen LogP contribution in [0.15, 0.2) is 42.5 Å². The number of benzene rings is 2. The van der Waals surface area contributed by atoms with Gasteiger partial charge in [0.25, 0.3) is 0 Å². The lowest BCUT2D eigenvalue weighted by Gasteiger charge is -2.11. The summed E-state index contributed by atoms with van der Waals surface area (Å²) < 4.78 is 5.86. The summed E-state index contributed by atoms with van der Waals surface area (Å²) in [4.78, 5) is 0. The van der Waals surface area contributed by atoms with E-state index in [0.717, 1.165) is 22.6 Å². The number of aryl methyl sites for hydroxylation is 2. The lowest BCUT2D eigenvalue weighted by molar-refractivity contribution is 0.478. The van der Waals surface area contributed by atoms with Crippen LogP contribution in [0.25, 0.3) is 0 Å². The van der Waals surface area contributed by atoms with E-state index in [0.29, 0.717) is 0 Å². The van der Waals surface area contributed by atoms with Crippen molar-refractivity contribution in [2.45, 2.75) is 26.8 Å². The molecule has 2 N–H and O–H groups in total. The Morgan fingerprint density at radius 1 is 1.00 bits per heavy atom. The molecule has 0 unspecified atom stereocenters. The Kier molecular flexibility index (Phi) is 3.68. The number of hydrogen-bond acceptors (Lipinski definition) is 2. The minimum Gasteiger partial charge on any atom is -0.457 e. The van der Waals surface area contributed by atoms with Gasteiger partial charge in [-0.15, -0.1) is 0 Å². The first kappa shape index (κ1) is 12.7. The molecule has 0 saturated carbocycles. The third-order valence-electron chi connectivity index (χ3n) is 2.96. The molecule has 2 rings (SSSR count). The minimum atomic E-state index is 0.0557. The second kappa shape index (κ2) is 5.23. The van der Waals surface area contributed by atoms with Crippen LogP contribution in [0, 0.1) is 13.8 Å². The Hall–Kier alpha value is -1.80. The van der Waals surface area contributed by atoms with Crippen LogP contribution >= 0.6 is 0 Å². The van der Waals surface area contributed by atoms with Gasteiger partial charge in [0, 0.05) is 6.04 Å². The monoisotopic (exact) mass is 241 g/mol. The molecule has 0 aromatic heterocycles. The predicted octanol–water partition coefficient (Wildman–Crippen LogP) is 4.12. The van der Waals surface area contributed by atoms with E-state index in [2.05, 4.69) is 26.0 Å². The van der Waals surface area contributed by atoms with E-state index in [4.69, 9.17) is 10.5 Å². The molecule has 0 heterocycles. The average molecular weight is 241 g/mol. The maximum atomic E-state index is 5.86. The van der Waals surface area contributed by atoms with Crippen LogP contribution in [0.3, 0.4) is 0 Å². The van der Waals surface area contributed by atoms with E-state index in [1.807, 2.05) is 37.3 Å². The summed E-state index contributed by atoms with van der Waals surface area (Å²) in [6, 6.07) is 14.2. The van der Waals surface area contributed by atoms with Crippen LogP contribution in [-0.4, -0.2) is 0 Å². The first-order chi connectivity index (χ1) is 8.56. The van der Waals surface area contributed by atoms with Gasteiger partial charge in [-0.05, 0) is 50.1 Å². The summed E-state index contributed by atoms with van der Waals surface area (Å²) in [7, 11) is 0. The van der Waals surface area contributed by atoms with Gasteiger partial charge in [0.05, 0.1) is 0 Å². The quantitative estimate of drug-likeness (QED) is 0.877. The van der Waals surface area contributed by atoms with Crippen molar-refractivity contribution in [2.75, 3.05) is 0 Å². The Balaban J connectivity index is 2.18. The smallest absolute Gasteiger partial charge is 0.130 e. The third-order valence-corrected chi connectivity index (χ3v) is 2.96. The third kappa shape index (κ3) is 2.90. The SMILES string of the molecule is Cc1ccc(Oc2ccc([C@@H](C)N)cc2)c(C)c1. The van der Waals surface area contributed by atoms with Crippen molar-refractivity contribution in [3.63, 3.8) is 0 Å². The summed E-state index contributed by atoms with van der Waals surface area (Å²) in [5.74, 6) is 1.74. The molecule has 2 aromatic rings. The minimum absolute atomic E-state index is 0.0557. The van der Waals surface area contributed by atoms with Gasteiger partial charge in [0.2, 0.25) is 0 Å². The summed E-state index contributed by atoms with van der Waals surface area (Å²) >= 11 is 0. The number of nitrogens with two attached hydrogens (primary N) is 1. The summed E-state index contributed by atoms with van der Waals surface area (Å²) in [5, 5.41) is 0. The van der Waals surface area contributed by atoms with Crippen molar-refractivity contribution in [3.05, 3.63) is 59.2 Å². The second-order valence-electron chi connectivity index (χ2n) is 4.73. The molecule has 0 radical (unpaired) electrons. The Morgan fingerprint density at radius 2 is 1.67 bits per heavy atom. The normalized spacial score (nSPS) is 12.2. The fourth-order valence-electron chi connectivity index (χ4n) is 1.88. The topological polar surface area (TPSA) is 35.2 Å². The number of hydrogen-bond donors (Lipinski definition) is 1. The van der Waals surface area contributed by atoms with Gasteiger partial charge in [0.15, 0.2) is 0 Å². The molecular weight excluding hydrogens is 222 g/mol. The fourth-order valence-corrected chi connectivity index (χ4v) is 1.88. The first-order valence-electron chi connectivity index (χ1n) is 6.17. The summed E-state index contributed by atoms with van der Waals surface area (Å²) in [5.41, 5.74) is 9.32.